The van der Waals surface area contributed by atoms with Crippen LogP contribution in [0, 0.1) is 0 Å². The molecular formula is C22H24N2O5. The minimum Gasteiger partial charge on any atom is -0.480 e. The smallest absolute Gasteiger partial charge is 0.407 e. The van der Waals surface area contributed by atoms with Crippen LogP contribution in [0.15, 0.2) is 48.5 Å². The Bertz CT molecular complexity index is 881. The van der Waals surface area contributed by atoms with E-state index in [0.717, 1.165) is 27.2 Å². The van der Waals surface area contributed by atoms with Crippen LogP contribution in [0.25, 0.3) is 11.1 Å². The van der Waals surface area contributed by atoms with Crippen molar-refractivity contribution in [2.75, 3.05) is 20.2 Å². The van der Waals surface area contributed by atoms with Crippen LogP contribution in [0.2, 0.25) is 0 Å². The van der Waals surface area contributed by atoms with Crippen molar-refractivity contribution in [2.24, 2.45) is 0 Å². The van der Waals surface area contributed by atoms with Crippen LogP contribution >= 0.6 is 0 Å². The van der Waals surface area contributed by atoms with Crippen molar-refractivity contribution in [1.82, 2.24) is 10.2 Å². The third-order valence-electron chi connectivity index (χ3n) is 5.09. The molecule has 0 radical (unpaired) electrons. The average Bonchev–Trinajstić information content (AvgIpc) is 3.03. The number of carbonyl (C=O) groups is 3. The Morgan fingerprint density at radius 3 is 2.14 bits per heavy atom. The van der Waals surface area contributed by atoms with Crippen LogP contribution in [0.3, 0.4) is 0 Å². The third kappa shape index (κ3) is 4.39. The molecule has 7 heteroatoms. The van der Waals surface area contributed by atoms with E-state index in [9.17, 15) is 14.4 Å². The molecule has 0 saturated carbocycles. The zero-order chi connectivity index (χ0) is 21.0. The number of fused-ring (bicyclic) bond motifs is 3. The molecule has 1 aliphatic rings. The fourth-order valence-corrected chi connectivity index (χ4v) is 3.67. The number of amides is 2. The molecule has 0 saturated heterocycles. The van der Waals surface area contributed by atoms with Gasteiger partial charge in [0.2, 0.25) is 5.91 Å². The summed E-state index contributed by atoms with van der Waals surface area (Å²) < 4.78 is 5.45. The molecule has 0 bridgehead atoms. The lowest BCUT2D eigenvalue weighted by molar-refractivity contribution is -0.144. The Morgan fingerprint density at radius 1 is 1.07 bits per heavy atom. The molecule has 2 amide bonds. The summed E-state index contributed by atoms with van der Waals surface area (Å²) in [6.07, 6.45) is -0.372. The largest absolute Gasteiger partial charge is 0.480 e. The van der Waals surface area contributed by atoms with Gasteiger partial charge in [0, 0.05) is 13.0 Å². The second-order valence-electron chi connectivity index (χ2n) is 7.02. The maximum Gasteiger partial charge on any atom is 0.407 e. The molecule has 1 atom stereocenters. The van der Waals surface area contributed by atoms with E-state index in [1.54, 1.807) is 6.92 Å². The van der Waals surface area contributed by atoms with Crippen molar-refractivity contribution < 1.29 is 24.2 Å². The van der Waals surface area contributed by atoms with Gasteiger partial charge in [-0.15, -0.1) is 0 Å². The fourth-order valence-electron chi connectivity index (χ4n) is 3.67. The van der Waals surface area contributed by atoms with Gasteiger partial charge in [0.25, 0.3) is 0 Å². The third-order valence-corrected chi connectivity index (χ3v) is 5.09. The van der Waals surface area contributed by atoms with Crippen LogP contribution in [-0.2, 0) is 14.3 Å². The van der Waals surface area contributed by atoms with Gasteiger partial charge >= 0.3 is 12.1 Å². The number of ether oxygens (including phenoxy) is 1. The van der Waals surface area contributed by atoms with Gasteiger partial charge in [0.15, 0.2) is 0 Å². The molecule has 0 unspecified atom stereocenters. The molecule has 0 aromatic heterocycles. The van der Waals surface area contributed by atoms with Gasteiger partial charge in [0.1, 0.15) is 19.2 Å². The Balaban J connectivity index is 1.65. The molecule has 2 aromatic carbocycles. The van der Waals surface area contributed by atoms with Crippen LogP contribution in [0.5, 0.6) is 0 Å². The summed E-state index contributed by atoms with van der Waals surface area (Å²) in [4.78, 5) is 36.5. The standard InChI is InChI=1S/C22H24N2O5/c1-3-19(21(27)24(2)12-20(25)26)23-22(28)29-13-18-16-10-6-4-8-14(16)15-9-5-7-11-17(15)18/h4-11,18-19H,3,12-13H2,1-2H3,(H,23,28)(H,25,26)/t19-/m0/s1. The van der Waals surface area contributed by atoms with E-state index >= 15 is 0 Å². The van der Waals surface area contributed by atoms with Crippen molar-refractivity contribution in [3.63, 3.8) is 0 Å². The van der Waals surface area contributed by atoms with E-state index in [4.69, 9.17) is 9.84 Å². The average molecular weight is 396 g/mol. The maximum absolute atomic E-state index is 12.3. The highest BCUT2D eigenvalue weighted by molar-refractivity contribution is 5.88. The number of rotatable bonds is 7. The van der Waals surface area contributed by atoms with Crippen molar-refractivity contribution >= 4 is 18.0 Å². The summed E-state index contributed by atoms with van der Waals surface area (Å²) in [5.41, 5.74) is 4.47. The van der Waals surface area contributed by atoms with E-state index in [-0.39, 0.29) is 12.5 Å². The van der Waals surface area contributed by atoms with E-state index in [0.29, 0.717) is 6.42 Å². The number of carbonyl (C=O) groups excluding carboxylic acids is 2. The molecule has 0 aliphatic heterocycles. The minimum atomic E-state index is -1.11. The number of carboxylic acid groups (broad SMARTS) is 1. The van der Waals surface area contributed by atoms with Gasteiger partial charge in [-0.2, -0.15) is 0 Å². The lowest BCUT2D eigenvalue weighted by Crippen LogP contribution is -2.48. The second-order valence-corrected chi connectivity index (χ2v) is 7.02. The van der Waals surface area contributed by atoms with Gasteiger partial charge in [-0.25, -0.2) is 4.79 Å². The summed E-state index contributed by atoms with van der Waals surface area (Å²) in [7, 11) is 1.39. The number of hydrogen-bond donors (Lipinski definition) is 2. The predicted octanol–water partition coefficient (Wildman–Crippen LogP) is 2.85. The molecule has 0 heterocycles. The quantitative estimate of drug-likeness (QED) is 0.750. The molecule has 1 aliphatic carbocycles. The molecule has 29 heavy (non-hydrogen) atoms. The molecule has 0 fully saturated rings. The lowest BCUT2D eigenvalue weighted by atomic mass is 9.98. The number of alkyl carbamates (subject to hydrolysis) is 1. The summed E-state index contributed by atoms with van der Waals surface area (Å²) in [6, 6.07) is 15.2. The maximum atomic E-state index is 12.3. The molecule has 2 N–H and O–H groups in total. The zero-order valence-corrected chi connectivity index (χ0v) is 16.4. The first-order valence-electron chi connectivity index (χ1n) is 9.50. The summed E-state index contributed by atoms with van der Waals surface area (Å²) >= 11 is 0. The van der Waals surface area contributed by atoms with Gasteiger partial charge < -0.3 is 20.1 Å². The first-order chi connectivity index (χ1) is 13.9. The van der Waals surface area contributed by atoms with Gasteiger partial charge in [-0.1, -0.05) is 55.5 Å². The Kier molecular flexibility index (Phi) is 6.16. The normalized spacial score (nSPS) is 13.2. The Hall–Kier alpha value is -3.35. The van der Waals surface area contributed by atoms with Crippen molar-refractivity contribution in [2.45, 2.75) is 25.3 Å². The Morgan fingerprint density at radius 2 is 1.62 bits per heavy atom. The highest BCUT2D eigenvalue weighted by Crippen LogP contribution is 2.44. The number of nitrogens with one attached hydrogen (secondary N) is 1. The summed E-state index contributed by atoms with van der Waals surface area (Å²) in [5.74, 6) is -1.65. The molecular weight excluding hydrogens is 372 g/mol. The first kappa shape index (κ1) is 20.4. The van der Waals surface area contributed by atoms with Gasteiger partial charge in [0.05, 0.1) is 0 Å². The number of benzene rings is 2. The Labute approximate surface area is 169 Å². The van der Waals surface area contributed by atoms with Crippen LogP contribution < -0.4 is 5.32 Å². The molecule has 3 rings (SSSR count). The van der Waals surface area contributed by atoms with E-state index < -0.39 is 30.6 Å². The summed E-state index contributed by atoms with van der Waals surface area (Å²) in [5, 5.41) is 11.4. The van der Waals surface area contributed by atoms with Crippen LogP contribution in [0.4, 0.5) is 4.79 Å². The van der Waals surface area contributed by atoms with E-state index in [1.807, 2.05) is 36.4 Å². The van der Waals surface area contributed by atoms with E-state index in [1.165, 1.54) is 7.05 Å². The van der Waals surface area contributed by atoms with Crippen molar-refractivity contribution in [3.8, 4) is 11.1 Å². The predicted molar refractivity (Wildman–Crippen MR) is 108 cm³/mol. The summed E-state index contributed by atoms with van der Waals surface area (Å²) in [6.45, 7) is 1.46. The monoisotopic (exact) mass is 396 g/mol. The molecule has 152 valence electrons. The molecule has 7 nitrogen and oxygen atoms in total. The first-order valence-corrected chi connectivity index (χ1v) is 9.50. The fraction of sp³-hybridized carbons (Fsp3) is 0.318. The number of likely N-dealkylation sites (N-methyl/N-ethyl adjacent to an activating group) is 1. The number of aliphatic carboxylic acids is 1. The van der Waals surface area contributed by atoms with Crippen molar-refractivity contribution in [1.29, 1.82) is 0 Å². The SMILES string of the molecule is CC[C@H](NC(=O)OCC1c2ccccc2-c2ccccc21)C(=O)N(C)CC(=O)O. The van der Waals surface area contributed by atoms with Crippen LogP contribution in [0.1, 0.15) is 30.4 Å². The highest BCUT2D eigenvalue weighted by atomic mass is 16.5. The molecule has 0 spiro atoms. The molecule has 2 aromatic rings. The number of nitrogens with zero attached hydrogens (tertiary/aromatic N) is 1. The topological polar surface area (TPSA) is 95.9 Å². The lowest BCUT2D eigenvalue weighted by Gasteiger charge is -2.22. The number of carboxylic acids is 1. The minimum absolute atomic E-state index is 0.0707. The zero-order valence-electron chi connectivity index (χ0n) is 16.4. The van der Waals surface area contributed by atoms with Crippen molar-refractivity contribution in [3.05, 3.63) is 59.7 Å². The van der Waals surface area contributed by atoms with E-state index in [2.05, 4.69) is 17.4 Å². The van der Waals surface area contributed by atoms with Gasteiger partial charge in [-0.05, 0) is 28.7 Å². The number of hydrogen-bond acceptors (Lipinski definition) is 4. The van der Waals surface area contributed by atoms with Crippen LogP contribution in [-0.4, -0.2) is 54.2 Å². The highest BCUT2D eigenvalue weighted by Gasteiger charge is 2.30. The van der Waals surface area contributed by atoms with Gasteiger partial charge in [-0.3, -0.25) is 9.59 Å². The second kappa shape index (κ2) is 8.77.